The van der Waals surface area contributed by atoms with E-state index in [0.29, 0.717) is 12.2 Å². The molecule has 5 heteroatoms. The van der Waals surface area contributed by atoms with Crippen molar-refractivity contribution in [2.24, 2.45) is 0 Å². The molecule has 1 aromatic rings. The molecule has 0 aromatic carbocycles. The summed E-state index contributed by atoms with van der Waals surface area (Å²) in [5.41, 5.74) is 6.28. The van der Waals surface area contributed by atoms with Gasteiger partial charge < -0.3 is 20.3 Å². The van der Waals surface area contributed by atoms with E-state index in [0.717, 1.165) is 38.8 Å². The highest BCUT2D eigenvalue weighted by Crippen LogP contribution is 2.00. The van der Waals surface area contributed by atoms with Crippen LogP contribution in [-0.2, 0) is 6.54 Å². The van der Waals surface area contributed by atoms with E-state index in [4.69, 9.17) is 10.8 Å². The summed E-state index contributed by atoms with van der Waals surface area (Å²) in [6.07, 6.45) is 5.68. The van der Waals surface area contributed by atoms with Crippen LogP contribution in [0.15, 0.2) is 23.1 Å². The maximum absolute atomic E-state index is 11.6. The summed E-state index contributed by atoms with van der Waals surface area (Å²) in [5, 5.41) is 8.69. The quantitative estimate of drug-likeness (QED) is 0.653. The number of aryl methyl sites for hydroxylation is 1. The third-order valence-electron chi connectivity index (χ3n) is 3.14. The molecule has 0 atom stereocenters. The van der Waals surface area contributed by atoms with Gasteiger partial charge in [-0.25, -0.2) is 0 Å². The van der Waals surface area contributed by atoms with Gasteiger partial charge in [0.05, 0.1) is 0 Å². The summed E-state index contributed by atoms with van der Waals surface area (Å²) >= 11 is 0. The van der Waals surface area contributed by atoms with Crippen LogP contribution >= 0.6 is 0 Å². The van der Waals surface area contributed by atoms with Gasteiger partial charge in [0.1, 0.15) is 0 Å². The summed E-state index contributed by atoms with van der Waals surface area (Å²) in [6.45, 7) is 2.97. The lowest BCUT2D eigenvalue weighted by atomic mass is 10.2. The van der Waals surface area contributed by atoms with Crippen LogP contribution in [0.3, 0.4) is 0 Å². The summed E-state index contributed by atoms with van der Waals surface area (Å²) < 4.78 is 1.66. The number of nitrogen functional groups attached to an aromatic ring is 1. The molecule has 108 valence electrons. The number of anilines is 1. The van der Waals surface area contributed by atoms with Crippen LogP contribution in [0, 0.1) is 0 Å². The smallest absolute Gasteiger partial charge is 0.250 e. The molecule has 3 N–H and O–H groups in total. The van der Waals surface area contributed by atoms with Crippen molar-refractivity contribution in [2.45, 2.75) is 32.2 Å². The second-order valence-electron chi connectivity index (χ2n) is 4.94. The Balaban J connectivity index is 2.22. The van der Waals surface area contributed by atoms with Gasteiger partial charge in [-0.15, -0.1) is 0 Å². The standard InChI is InChI=1S/C14H25N3O2/c1-16(8-3-2-4-11-18)9-5-10-17-12-13(15)6-7-14(17)19/h6-7,12,18H,2-5,8-11,15H2,1H3. The number of aromatic nitrogens is 1. The van der Waals surface area contributed by atoms with Crippen LogP contribution in [0.2, 0.25) is 0 Å². The van der Waals surface area contributed by atoms with Gasteiger partial charge in [-0.3, -0.25) is 4.79 Å². The molecule has 0 unspecified atom stereocenters. The van der Waals surface area contributed by atoms with Crippen molar-refractivity contribution in [3.63, 3.8) is 0 Å². The second-order valence-corrected chi connectivity index (χ2v) is 4.94. The number of unbranched alkanes of at least 4 members (excludes halogenated alkanes) is 2. The van der Waals surface area contributed by atoms with Crippen LogP contribution in [0.5, 0.6) is 0 Å². The van der Waals surface area contributed by atoms with Gasteiger partial charge in [0.25, 0.3) is 5.56 Å². The SMILES string of the molecule is CN(CCCCCO)CCCn1cc(N)ccc1=O. The molecule has 0 aliphatic heterocycles. The minimum absolute atomic E-state index is 0.000186. The number of pyridine rings is 1. The van der Waals surface area contributed by atoms with E-state index in [1.165, 1.54) is 6.07 Å². The Morgan fingerprint density at radius 3 is 2.68 bits per heavy atom. The van der Waals surface area contributed by atoms with Crippen LogP contribution < -0.4 is 11.3 Å². The predicted molar refractivity (Wildman–Crippen MR) is 78.2 cm³/mol. The highest BCUT2D eigenvalue weighted by atomic mass is 16.2. The number of rotatable bonds is 9. The molecule has 0 aliphatic rings. The average Bonchev–Trinajstić information content (AvgIpc) is 2.39. The fourth-order valence-corrected chi connectivity index (χ4v) is 2.02. The van der Waals surface area contributed by atoms with Gasteiger partial charge in [0.15, 0.2) is 0 Å². The normalized spacial score (nSPS) is 11.1. The zero-order chi connectivity index (χ0) is 14.1. The van der Waals surface area contributed by atoms with E-state index in [-0.39, 0.29) is 12.2 Å². The molecule has 5 nitrogen and oxygen atoms in total. The molecule has 0 saturated carbocycles. The summed E-state index contributed by atoms with van der Waals surface area (Å²) in [4.78, 5) is 13.8. The molecule has 1 rings (SSSR count). The maximum atomic E-state index is 11.6. The molecule has 0 spiro atoms. The lowest BCUT2D eigenvalue weighted by Gasteiger charge is -2.16. The maximum Gasteiger partial charge on any atom is 0.250 e. The topological polar surface area (TPSA) is 71.5 Å². The summed E-state index contributed by atoms with van der Waals surface area (Å²) in [6, 6.07) is 3.14. The number of aliphatic hydroxyl groups is 1. The minimum Gasteiger partial charge on any atom is -0.398 e. The van der Waals surface area contributed by atoms with Gasteiger partial charge >= 0.3 is 0 Å². The summed E-state index contributed by atoms with van der Waals surface area (Å²) in [7, 11) is 2.08. The third kappa shape index (κ3) is 6.40. The van der Waals surface area contributed by atoms with E-state index in [1.807, 2.05) is 0 Å². The van der Waals surface area contributed by atoms with Crippen molar-refractivity contribution in [1.82, 2.24) is 9.47 Å². The first-order valence-electron chi connectivity index (χ1n) is 6.89. The first-order valence-corrected chi connectivity index (χ1v) is 6.89. The first kappa shape index (κ1) is 15.7. The lowest BCUT2D eigenvalue weighted by molar-refractivity contribution is 0.271. The zero-order valence-electron chi connectivity index (χ0n) is 11.7. The molecule has 0 bridgehead atoms. The van der Waals surface area contributed by atoms with Crippen LogP contribution in [0.4, 0.5) is 5.69 Å². The highest BCUT2D eigenvalue weighted by molar-refractivity contribution is 5.33. The molecule has 1 heterocycles. The van der Waals surface area contributed by atoms with Crippen molar-refractivity contribution >= 4 is 5.69 Å². The van der Waals surface area contributed by atoms with Crippen LogP contribution in [-0.4, -0.2) is 41.3 Å². The highest BCUT2D eigenvalue weighted by Gasteiger charge is 2.00. The van der Waals surface area contributed by atoms with E-state index in [2.05, 4.69) is 11.9 Å². The molecule has 0 amide bonds. The van der Waals surface area contributed by atoms with Crippen molar-refractivity contribution in [3.8, 4) is 0 Å². The van der Waals surface area contributed by atoms with Gasteiger partial charge in [0.2, 0.25) is 0 Å². The van der Waals surface area contributed by atoms with Crippen molar-refractivity contribution in [2.75, 3.05) is 32.5 Å². The molecule has 0 aliphatic carbocycles. The van der Waals surface area contributed by atoms with E-state index >= 15 is 0 Å². The summed E-state index contributed by atoms with van der Waals surface area (Å²) in [5.74, 6) is 0. The fourth-order valence-electron chi connectivity index (χ4n) is 2.02. The van der Waals surface area contributed by atoms with Crippen molar-refractivity contribution in [3.05, 3.63) is 28.7 Å². The Morgan fingerprint density at radius 1 is 1.21 bits per heavy atom. The minimum atomic E-state index is -0.000186. The number of nitrogens with two attached hydrogens (primary N) is 1. The molecule has 1 aromatic heterocycles. The Bertz CT molecular complexity index is 417. The molecule has 19 heavy (non-hydrogen) atoms. The van der Waals surface area contributed by atoms with E-state index in [1.54, 1.807) is 16.8 Å². The second kappa shape index (κ2) is 8.72. The number of hydrogen-bond donors (Lipinski definition) is 2. The van der Waals surface area contributed by atoms with Crippen molar-refractivity contribution < 1.29 is 5.11 Å². The molecular formula is C14H25N3O2. The fraction of sp³-hybridized carbons (Fsp3) is 0.643. The molecular weight excluding hydrogens is 242 g/mol. The first-order chi connectivity index (χ1) is 9.13. The van der Waals surface area contributed by atoms with Crippen LogP contribution in [0.25, 0.3) is 0 Å². The van der Waals surface area contributed by atoms with Crippen LogP contribution in [0.1, 0.15) is 25.7 Å². The molecule has 0 saturated heterocycles. The Labute approximate surface area is 114 Å². The van der Waals surface area contributed by atoms with E-state index in [9.17, 15) is 4.79 Å². The van der Waals surface area contributed by atoms with Gasteiger partial charge in [0, 0.05) is 31.1 Å². The van der Waals surface area contributed by atoms with Gasteiger partial charge in [-0.05, 0) is 51.9 Å². The number of hydrogen-bond acceptors (Lipinski definition) is 4. The average molecular weight is 267 g/mol. The monoisotopic (exact) mass is 267 g/mol. The van der Waals surface area contributed by atoms with E-state index < -0.39 is 0 Å². The zero-order valence-corrected chi connectivity index (χ0v) is 11.7. The van der Waals surface area contributed by atoms with Gasteiger partial charge in [-0.2, -0.15) is 0 Å². The predicted octanol–water partition coefficient (Wildman–Crippen LogP) is 0.915. The Hall–Kier alpha value is -1.33. The molecule has 0 radical (unpaired) electrons. The van der Waals surface area contributed by atoms with Gasteiger partial charge in [-0.1, -0.05) is 0 Å². The lowest BCUT2D eigenvalue weighted by Crippen LogP contribution is -2.25. The molecule has 0 fully saturated rings. The third-order valence-corrected chi connectivity index (χ3v) is 3.14. The number of aliphatic hydroxyl groups excluding tert-OH is 1. The Kier molecular flexibility index (Phi) is 7.22. The largest absolute Gasteiger partial charge is 0.398 e. The Morgan fingerprint density at radius 2 is 1.95 bits per heavy atom. The number of nitrogens with zero attached hydrogens (tertiary/aromatic N) is 2. The van der Waals surface area contributed by atoms with Crippen molar-refractivity contribution in [1.29, 1.82) is 0 Å².